The van der Waals surface area contributed by atoms with E-state index in [0.717, 1.165) is 6.07 Å². The van der Waals surface area contributed by atoms with Crippen molar-refractivity contribution in [3.63, 3.8) is 0 Å². The molecule has 1 aromatic carbocycles. The van der Waals surface area contributed by atoms with Crippen molar-refractivity contribution in [3.8, 4) is 0 Å². The first-order chi connectivity index (χ1) is 9.79. The Morgan fingerprint density at radius 1 is 1.10 bits per heavy atom. The molecule has 0 fully saturated rings. The largest absolute Gasteiger partial charge is 0.451 e. The predicted molar refractivity (Wildman–Crippen MR) is 71.3 cm³/mol. The number of rotatable bonds is 3. The van der Waals surface area contributed by atoms with Crippen molar-refractivity contribution in [1.82, 2.24) is 9.97 Å². The maximum Gasteiger partial charge on any atom is 0.451 e. The summed E-state index contributed by atoms with van der Waals surface area (Å²) in [5.41, 5.74) is -0.0479. The second kappa shape index (κ2) is 5.72. The summed E-state index contributed by atoms with van der Waals surface area (Å²) in [7, 11) is 1.41. The fraction of sp³-hybridized carbons (Fsp3) is 0.167. The molecule has 0 amide bonds. The molecule has 2 N–H and O–H groups in total. The van der Waals surface area contributed by atoms with Crippen molar-refractivity contribution in [2.45, 2.75) is 6.18 Å². The minimum Gasteiger partial charge on any atom is -0.373 e. The molecule has 1 aromatic heterocycles. The zero-order valence-corrected chi connectivity index (χ0v) is 11.3. The highest BCUT2D eigenvalue weighted by atomic mass is 35.5. The van der Waals surface area contributed by atoms with E-state index in [4.69, 9.17) is 11.6 Å². The third-order valence-corrected chi connectivity index (χ3v) is 2.66. The van der Waals surface area contributed by atoms with Gasteiger partial charge in [0.15, 0.2) is 0 Å². The standard InChI is InChI=1S/C12H9ClF4N4/c1-18-9-5-10(21-11(20-9)12(15,16)17)19-8-3-2-6(13)4-7(8)14/h2-5H,1H3,(H2,18,19,20,21). The van der Waals surface area contributed by atoms with Crippen LogP contribution in [0.3, 0.4) is 0 Å². The highest BCUT2D eigenvalue weighted by Gasteiger charge is 2.35. The van der Waals surface area contributed by atoms with Crippen LogP contribution in [0.15, 0.2) is 24.3 Å². The van der Waals surface area contributed by atoms with Gasteiger partial charge in [0, 0.05) is 18.1 Å². The van der Waals surface area contributed by atoms with Gasteiger partial charge in [-0.2, -0.15) is 13.2 Å². The highest BCUT2D eigenvalue weighted by Crippen LogP contribution is 2.29. The molecule has 2 rings (SSSR count). The first kappa shape index (κ1) is 15.3. The van der Waals surface area contributed by atoms with Crippen LogP contribution in [0, 0.1) is 5.82 Å². The molecule has 0 saturated carbocycles. The van der Waals surface area contributed by atoms with Crippen LogP contribution in [-0.4, -0.2) is 17.0 Å². The zero-order chi connectivity index (χ0) is 15.6. The van der Waals surface area contributed by atoms with Gasteiger partial charge in [0.05, 0.1) is 5.69 Å². The summed E-state index contributed by atoms with van der Waals surface area (Å²) in [6, 6.07) is 4.96. The summed E-state index contributed by atoms with van der Waals surface area (Å²) in [5.74, 6) is -2.27. The number of alkyl halides is 3. The van der Waals surface area contributed by atoms with E-state index >= 15 is 0 Å². The zero-order valence-electron chi connectivity index (χ0n) is 10.6. The molecule has 21 heavy (non-hydrogen) atoms. The minimum absolute atomic E-state index is 0.0470. The summed E-state index contributed by atoms with van der Waals surface area (Å²) in [6.45, 7) is 0. The van der Waals surface area contributed by atoms with Gasteiger partial charge in [0.1, 0.15) is 17.5 Å². The maximum atomic E-state index is 13.6. The van der Waals surface area contributed by atoms with E-state index in [0.29, 0.717) is 0 Å². The van der Waals surface area contributed by atoms with Gasteiger partial charge in [0.2, 0.25) is 5.82 Å². The third-order valence-electron chi connectivity index (χ3n) is 2.43. The lowest BCUT2D eigenvalue weighted by Crippen LogP contribution is -2.13. The van der Waals surface area contributed by atoms with E-state index in [9.17, 15) is 17.6 Å². The monoisotopic (exact) mass is 320 g/mol. The number of halogens is 5. The van der Waals surface area contributed by atoms with Crippen LogP contribution in [0.4, 0.5) is 34.9 Å². The van der Waals surface area contributed by atoms with E-state index in [1.54, 1.807) is 0 Å². The summed E-state index contributed by atoms with van der Waals surface area (Å²) >= 11 is 5.60. The Morgan fingerprint density at radius 3 is 2.33 bits per heavy atom. The van der Waals surface area contributed by atoms with Gasteiger partial charge in [-0.25, -0.2) is 14.4 Å². The number of hydrogen-bond donors (Lipinski definition) is 2. The van der Waals surface area contributed by atoms with Crippen molar-refractivity contribution in [1.29, 1.82) is 0 Å². The number of benzene rings is 1. The maximum absolute atomic E-state index is 13.6. The first-order valence-corrected chi connectivity index (χ1v) is 6.03. The van der Waals surface area contributed by atoms with Crippen molar-refractivity contribution in [2.75, 3.05) is 17.7 Å². The van der Waals surface area contributed by atoms with Crippen LogP contribution in [0.2, 0.25) is 5.02 Å². The normalized spacial score (nSPS) is 11.3. The molecule has 0 aliphatic rings. The highest BCUT2D eigenvalue weighted by molar-refractivity contribution is 6.30. The minimum atomic E-state index is -4.71. The molecule has 0 radical (unpaired) electrons. The molecule has 0 aliphatic carbocycles. The van der Waals surface area contributed by atoms with Gasteiger partial charge in [-0.05, 0) is 18.2 Å². The molecule has 0 unspecified atom stereocenters. The van der Waals surface area contributed by atoms with E-state index in [1.165, 1.54) is 25.2 Å². The quantitative estimate of drug-likeness (QED) is 0.837. The van der Waals surface area contributed by atoms with Crippen LogP contribution < -0.4 is 10.6 Å². The number of nitrogens with one attached hydrogen (secondary N) is 2. The number of anilines is 3. The molecule has 112 valence electrons. The molecule has 4 nitrogen and oxygen atoms in total. The van der Waals surface area contributed by atoms with Crippen LogP contribution in [0.5, 0.6) is 0 Å². The molecule has 0 spiro atoms. The topological polar surface area (TPSA) is 49.8 Å². The molecule has 0 saturated heterocycles. The second-order valence-electron chi connectivity index (χ2n) is 3.96. The summed E-state index contributed by atoms with van der Waals surface area (Å²) in [4.78, 5) is 6.62. The lowest BCUT2D eigenvalue weighted by atomic mass is 10.3. The first-order valence-electron chi connectivity index (χ1n) is 5.65. The van der Waals surface area contributed by atoms with Crippen molar-refractivity contribution >= 4 is 28.9 Å². The fourth-order valence-corrected chi connectivity index (χ4v) is 1.65. The van der Waals surface area contributed by atoms with Gasteiger partial charge in [0.25, 0.3) is 0 Å². The van der Waals surface area contributed by atoms with Crippen LogP contribution in [-0.2, 0) is 6.18 Å². The van der Waals surface area contributed by atoms with Gasteiger partial charge in [-0.1, -0.05) is 11.6 Å². The average molecular weight is 321 g/mol. The Morgan fingerprint density at radius 2 is 1.76 bits per heavy atom. The molecule has 0 bridgehead atoms. The van der Waals surface area contributed by atoms with Gasteiger partial charge < -0.3 is 10.6 Å². The fourth-order valence-electron chi connectivity index (χ4n) is 1.49. The van der Waals surface area contributed by atoms with Gasteiger partial charge in [-0.3, -0.25) is 0 Å². The molecule has 0 aliphatic heterocycles. The Hall–Kier alpha value is -2.09. The van der Waals surface area contributed by atoms with Crippen molar-refractivity contribution in [3.05, 3.63) is 40.9 Å². The number of aromatic nitrogens is 2. The van der Waals surface area contributed by atoms with Crippen LogP contribution >= 0.6 is 11.6 Å². The predicted octanol–water partition coefficient (Wildman–Crippen LogP) is 4.07. The van der Waals surface area contributed by atoms with E-state index in [2.05, 4.69) is 20.6 Å². The van der Waals surface area contributed by atoms with Crippen molar-refractivity contribution in [2.24, 2.45) is 0 Å². The molecule has 2 aromatic rings. The van der Waals surface area contributed by atoms with E-state index in [1.807, 2.05) is 0 Å². The Balaban J connectivity index is 2.39. The lowest BCUT2D eigenvalue weighted by Gasteiger charge is -2.12. The SMILES string of the molecule is CNc1cc(Nc2ccc(Cl)cc2F)nc(C(F)(F)F)n1. The average Bonchev–Trinajstić information content (AvgIpc) is 2.40. The molecular formula is C12H9ClF4N4. The number of nitrogens with zero attached hydrogens (tertiary/aromatic N) is 2. The second-order valence-corrected chi connectivity index (χ2v) is 4.40. The van der Waals surface area contributed by atoms with Crippen molar-refractivity contribution < 1.29 is 17.6 Å². The summed E-state index contributed by atoms with van der Waals surface area (Å²) in [5, 5.41) is 5.12. The number of hydrogen-bond acceptors (Lipinski definition) is 4. The van der Waals surface area contributed by atoms with E-state index in [-0.39, 0.29) is 22.3 Å². The Bertz CT molecular complexity index is 660. The molecular weight excluding hydrogens is 312 g/mol. The smallest absolute Gasteiger partial charge is 0.373 e. The summed E-state index contributed by atoms with van der Waals surface area (Å²) in [6.07, 6.45) is -4.71. The Labute approximate surface area is 122 Å². The molecule has 1 heterocycles. The Kier molecular flexibility index (Phi) is 4.17. The van der Waals surface area contributed by atoms with Crippen LogP contribution in [0.1, 0.15) is 5.82 Å². The van der Waals surface area contributed by atoms with Gasteiger partial charge in [-0.15, -0.1) is 0 Å². The molecule has 9 heteroatoms. The van der Waals surface area contributed by atoms with E-state index < -0.39 is 17.8 Å². The third kappa shape index (κ3) is 3.72. The molecule has 0 atom stereocenters. The van der Waals surface area contributed by atoms with Gasteiger partial charge >= 0.3 is 6.18 Å². The summed E-state index contributed by atoms with van der Waals surface area (Å²) < 4.78 is 51.7. The van der Waals surface area contributed by atoms with Crippen LogP contribution in [0.25, 0.3) is 0 Å². The lowest BCUT2D eigenvalue weighted by molar-refractivity contribution is -0.144.